The number of nitrogens with two attached hydrogens (primary N) is 2. The Hall–Kier alpha value is -2.04. The summed E-state index contributed by atoms with van der Waals surface area (Å²) in [5.41, 5.74) is 12.2. The van der Waals surface area contributed by atoms with Crippen molar-refractivity contribution in [3.8, 4) is 0 Å². The second-order valence-electron chi connectivity index (χ2n) is 4.86. The smallest absolute Gasteiger partial charge is 0.226 e. The third-order valence-corrected chi connectivity index (χ3v) is 3.91. The largest absolute Gasteiger partial charge is 0.369 e. The lowest BCUT2D eigenvalue weighted by Crippen LogP contribution is -2.34. The highest BCUT2D eigenvalue weighted by Gasteiger charge is 2.33. The van der Waals surface area contributed by atoms with E-state index >= 15 is 0 Å². The van der Waals surface area contributed by atoms with E-state index in [1.807, 2.05) is 0 Å². The molecule has 2 unspecified atom stereocenters. The van der Waals surface area contributed by atoms with E-state index in [4.69, 9.17) is 34.7 Å². The zero-order valence-electron chi connectivity index (χ0n) is 11.5. The van der Waals surface area contributed by atoms with Gasteiger partial charge >= 0.3 is 0 Å². The first-order chi connectivity index (χ1) is 10.4. The van der Waals surface area contributed by atoms with E-state index in [2.05, 4.69) is 0 Å². The van der Waals surface area contributed by atoms with Gasteiger partial charge in [0, 0.05) is 10.0 Å². The van der Waals surface area contributed by atoms with Gasteiger partial charge in [-0.25, -0.2) is 0 Å². The normalized spacial score (nSPS) is 13.4. The number of amides is 2. The Morgan fingerprint density at radius 1 is 0.682 bits per heavy atom. The Kier molecular flexibility index (Phi) is 5.06. The molecule has 2 atom stereocenters. The van der Waals surface area contributed by atoms with Gasteiger partial charge in [0.1, 0.15) is 0 Å². The minimum absolute atomic E-state index is 0.522. The number of primary amides is 2. The van der Waals surface area contributed by atoms with Crippen LogP contribution in [0, 0.1) is 0 Å². The van der Waals surface area contributed by atoms with Crippen molar-refractivity contribution in [2.45, 2.75) is 11.8 Å². The van der Waals surface area contributed by atoms with Crippen molar-refractivity contribution in [1.29, 1.82) is 0 Å². The van der Waals surface area contributed by atoms with E-state index in [1.165, 1.54) is 0 Å². The Labute approximate surface area is 138 Å². The highest BCUT2D eigenvalue weighted by atomic mass is 35.5. The van der Waals surface area contributed by atoms with Crippen molar-refractivity contribution < 1.29 is 9.59 Å². The molecule has 0 bridgehead atoms. The maximum absolute atomic E-state index is 11.9. The zero-order valence-corrected chi connectivity index (χ0v) is 13.0. The van der Waals surface area contributed by atoms with Crippen molar-refractivity contribution >= 4 is 35.0 Å². The van der Waals surface area contributed by atoms with Crippen LogP contribution in [0.15, 0.2) is 48.5 Å². The van der Waals surface area contributed by atoms with Gasteiger partial charge in [-0.2, -0.15) is 0 Å². The van der Waals surface area contributed by atoms with Gasteiger partial charge in [0.2, 0.25) is 11.8 Å². The van der Waals surface area contributed by atoms with Crippen LogP contribution < -0.4 is 11.5 Å². The van der Waals surface area contributed by atoms with Gasteiger partial charge < -0.3 is 11.5 Å². The summed E-state index contributed by atoms with van der Waals surface area (Å²) in [4.78, 5) is 23.9. The summed E-state index contributed by atoms with van der Waals surface area (Å²) in [5, 5.41) is 1.04. The predicted molar refractivity (Wildman–Crippen MR) is 86.8 cm³/mol. The summed E-state index contributed by atoms with van der Waals surface area (Å²) in [7, 11) is 0. The number of hydrogen-bond acceptors (Lipinski definition) is 2. The van der Waals surface area contributed by atoms with Gasteiger partial charge in [0.25, 0.3) is 0 Å². The van der Waals surface area contributed by atoms with Crippen LogP contribution in [0.2, 0.25) is 10.0 Å². The van der Waals surface area contributed by atoms with Crippen LogP contribution >= 0.6 is 23.2 Å². The number of rotatable bonds is 5. The molecule has 2 amide bonds. The van der Waals surface area contributed by atoms with Crippen LogP contribution in [0.4, 0.5) is 0 Å². The molecule has 0 saturated heterocycles. The van der Waals surface area contributed by atoms with E-state index in [1.54, 1.807) is 48.5 Å². The summed E-state index contributed by atoms with van der Waals surface area (Å²) in [6, 6.07) is 13.2. The van der Waals surface area contributed by atoms with Crippen molar-refractivity contribution in [2.75, 3.05) is 0 Å². The first kappa shape index (κ1) is 16.3. The highest BCUT2D eigenvalue weighted by Crippen LogP contribution is 2.34. The highest BCUT2D eigenvalue weighted by molar-refractivity contribution is 6.30. The average molecular weight is 337 g/mol. The van der Waals surface area contributed by atoms with Gasteiger partial charge in [-0.1, -0.05) is 47.5 Å². The van der Waals surface area contributed by atoms with E-state index in [0.29, 0.717) is 21.2 Å². The fourth-order valence-corrected chi connectivity index (χ4v) is 2.63. The minimum atomic E-state index is -0.879. The molecule has 2 aromatic rings. The topological polar surface area (TPSA) is 86.2 Å². The Morgan fingerprint density at radius 3 is 1.18 bits per heavy atom. The molecule has 4 nitrogen and oxygen atoms in total. The zero-order chi connectivity index (χ0) is 16.3. The van der Waals surface area contributed by atoms with Crippen molar-refractivity contribution in [3.63, 3.8) is 0 Å². The Balaban J connectivity index is 2.51. The minimum Gasteiger partial charge on any atom is -0.369 e. The van der Waals surface area contributed by atoms with Crippen LogP contribution in [-0.2, 0) is 9.59 Å². The van der Waals surface area contributed by atoms with E-state index in [9.17, 15) is 9.59 Å². The number of benzene rings is 2. The Bertz CT molecular complexity index is 623. The number of halogens is 2. The molecule has 22 heavy (non-hydrogen) atoms. The average Bonchev–Trinajstić information content (AvgIpc) is 2.46. The summed E-state index contributed by atoms with van der Waals surface area (Å²) >= 11 is 11.7. The van der Waals surface area contributed by atoms with E-state index in [0.717, 1.165) is 0 Å². The molecule has 0 aromatic heterocycles. The predicted octanol–water partition coefficient (Wildman–Crippen LogP) is 2.83. The van der Waals surface area contributed by atoms with Crippen LogP contribution in [0.1, 0.15) is 23.0 Å². The molecule has 0 aliphatic carbocycles. The molecule has 0 fully saturated rings. The lowest BCUT2D eigenvalue weighted by Gasteiger charge is -2.23. The molecule has 0 aliphatic rings. The van der Waals surface area contributed by atoms with Crippen LogP contribution in [0.25, 0.3) is 0 Å². The fourth-order valence-electron chi connectivity index (χ4n) is 2.38. The van der Waals surface area contributed by atoms with E-state index in [-0.39, 0.29) is 0 Å². The second kappa shape index (κ2) is 6.81. The van der Waals surface area contributed by atoms with Crippen LogP contribution in [0.3, 0.4) is 0 Å². The van der Waals surface area contributed by atoms with Gasteiger partial charge in [-0.05, 0) is 35.4 Å². The maximum atomic E-state index is 11.9. The van der Waals surface area contributed by atoms with E-state index < -0.39 is 23.7 Å². The number of hydrogen-bond donors (Lipinski definition) is 2. The quantitative estimate of drug-likeness (QED) is 0.879. The fraction of sp³-hybridized carbons (Fsp3) is 0.125. The molecule has 0 saturated carbocycles. The molecule has 0 aliphatic heterocycles. The van der Waals surface area contributed by atoms with Gasteiger partial charge in [0.15, 0.2) is 0 Å². The number of carbonyl (C=O) groups excluding carboxylic acids is 2. The van der Waals surface area contributed by atoms with Crippen molar-refractivity contribution in [3.05, 3.63) is 69.7 Å². The van der Waals surface area contributed by atoms with Crippen molar-refractivity contribution in [1.82, 2.24) is 0 Å². The summed E-state index contributed by atoms with van der Waals surface area (Å²) in [6.07, 6.45) is 0. The molecular formula is C16H14Cl2N2O2. The van der Waals surface area contributed by atoms with Crippen molar-refractivity contribution in [2.24, 2.45) is 11.5 Å². The molecule has 6 heteroatoms. The molecule has 2 aromatic carbocycles. The summed E-state index contributed by atoms with van der Waals surface area (Å²) in [6.45, 7) is 0. The number of carbonyl (C=O) groups is 2. The van der Waals surface area contributed by atoms with Gasteiger partial charge in [-0.15, -0.1) is 0 Å². The van der Waals surface area contributed by atoms with Gasteiger partial charge in [-0.3, -0.25) is 9.59 Å². The third-order valence-electron chi connectivity index (χ3n) is 3.40. The lowest BCUT2D eigenvalue weighted by molar-refractivity contribution is -0.126. The summed E-state index contributed by atoms with van der Waals surface area (Å²) in [5.74, 6) is -3.03. The second-order valence-corrected chi connectivity index (χ2v) is 5.74. The summed E-state index contributed by atoms with van der Waals surface area (Å²) < 4.78 is 0. The monoisotopic (exact) mass is 336 g/mol. The molecule has 0 heterocycles. The first-order valence-corrected chi connectivity index (χ1v) is 7.25. The van der Waals surface area contributed by atoms with Crippen LogP contribution in [0.5, 0.6) is 0 Å². The SMILES string of the molecule is NC(=O)C(c1ccc(Cl)cc1)C(C(N)=O)c1ccc(Cl)cc1. The lowest BCUT2D eigenvalue weighted by atomic mass is 9.80. The molecular weight excluding hydrogens is 323 g/mol. The third kappa shape index (κ3) is 3.59. The molecule has 0 radical (unpaired) electrons. The van der Waals surface area contributed by atoms with Crippen LogP contribution in [-0.4, -0.2) is 11.8 Å². The molecule has 0 spiro atoms. The molecule has 2 rings (SSSR count). The molecule has 4 N–H and O–H groups in total. The maximum Gasteiger partial charge on any atom is 0.226 e. The van der Waals surface area contributed by atoms with Gasteiger partial charge in [0.05, 0.1) is 11.8 Å². The molecule has 114 valence electrons. The standard InChI is InChI=1S/C16H14Cl2N2O2/c17-11-5-1-9(2-6-11)13(15(19)21)14(16(20)22)10-3-7-12(18)8-4-10/h1-8,13-14H,(H2,19,21)(H2,20,22). The Morgan fingerprint density at radius 2 is 0.955 bits per heavy atom. The first-order valence-electron chi connectivity index (χ1n) is 6.49.